The number of nitrogens with two attached hydrogens (primary N) is 1. The van der Waals surface area contributed by atoms with Gasteiger partial charge < -0.3 is 10.8 Å². The van der Waals surface area contributed by atoms with Crippen molar-refractivity contribution in [3.05, 3.63) is 54.2 Å². The highest BCUT2D eigenvalue weighted by atomic mass is 16.4. The maximum Gasteiger partial charge on any atom is 0.410 e. The van der Waals surface area contributed by atoms with Crippen molar-refractivity contribution in [2.75, 3.05) is 11.1 Å². The van der Waals surface area contributed by atoms with Crippen molar-refractivity contribution < 1.29 is 9.90 Å². The van der Waals surface area contributed by atoms with Gasteiger partial charge in [-0.1, -0.05) is 18.2 Å². The Morgan fingerprint density at radius 3 is 2.77 bits per heavy atom. The normalized spacial score (nSPS) is 10.6. The molecule has 1 heterocycles. The van der Waals surface area contributed by atoms with E-state index in [-0.39, 0.29) is 0 Å². The lowest BCUT2D eigenvalue weighted by Crippen LogP contribution is -2.09. The molecular formula is C17H15N3O2. The van der Waals surface area contributed by atoms with Crippen LogP contribution >= 0.6 is 0 Å². The summed E-state index contributed by atoms with van der Waals surface area (Å²) in [5.74, 6) is 0.327. The standard InChI is InChI=1S/C17H15N3O2/c1-10-2-5-13(18)9-14(10)12-4-3-11-6-7-19-16(15(11)8-12)20-17(21)22/h2-9H,18H2,1H3,(H,19,20)(H,21,22). The molecule has 0 unspecified atom stereocenters. The monoisotopic (exact) mass is 293 g/mol. The first kappa shape index (κ1) is 13.9. The van der Waals surface area contributed by atoms with E-state index in [1.54, 1.807) is 6.20 Å². The molecule has 0 fully saturated rings. The Bertz CT molecular complexity index is 875. The van der Waals surface area contributed by atoms with Crippen molar-refractivity contribution >= 4 is 28.4 Å². The van der Waals surface area contributed by atoms with E-state index in [0.29, 0.717) is 11.5 Å². The summed E-state index contributed by atoms with van der Waals surface area (Å²) in [6.07, 6.45) is 0.449. The second-order valence-corrected chi connectivity index (χ2v) is 5.10. The quantitative estimate of drug-likeness (QED) is 0.625. The minimum Gasteiger partial charge on any atom is -0.465 e. The van der Waals surface area contributed by atoms with Gasteiger partial charge in [0.1, 0.15) is 5.82 Å². The smallest absolute Gasteiger partial charge is 0.410 e. The van der Waals surface area contributed by atoms with Gasteiger partial charge in [0.15, 0.2) is 0 Å². The number of carboxylic acid groups (broad SMARTS) is 1. The van der Waals surface area contributed by atoms with Gasteiger partial charge in [0.25, 0.3) is 0 Å². The van der Waals surface area contributed by atoms with Crippen LogP contribution in [-0.4, -0.2) is 16.2 Å². The van der Waals surface area contributed by atoms with E-state index in [0.717, 1.165) is 27.5 Å². The lowest BCUT2D eigenvalue weighted by Gasteiger charge is -2.10. The number of hydrogen-bond donors (Lipinski definition) is 3. The second kappa shape index (κ2) is 5.37. The van der Waals surface area contributed by atoms with Crippen molar-refractivity contribution in [2.45, 2.75) is 6.92 Å². The summed E-state index contributed by atoms with van der Waals surface area (Å²) in [6, 6.07) is 13.5. The van der Waals surface area contributed by atoms with Crippen LogP contribution in [0.2, 0.25) is 0 Å². The van der Waals surface area contributed by atoms with Gasteiger partial charge in [0.2, 0.25) is 0 Å². The first-order valence-electron chi connectivity index (χ1n) is 6.80. The minimum atomic E-state index is -1.13. The van der Waals surface area contributed by atoms with Crippen LogP contribution in [0.1, 0.15) is 5.56 Å². The molecule has 0 saturated carbocycles. The third kappa shape index (κ3) is 2.56. The number of carbonyl (C=O) groups is 1. The Balaban J connectivity index is 2.20. The van der Waals surface area contributed by atoms with Gasteiger partial charge >= 0.3 is 6.09 Å². The van der Waals surface area contributed by atoms with E-state index < -0.39 is 6.09 Å². The summed E-state index contributed by atoms with van der Waals surface area (Å²) >= 11 is 0. The van der Waals surface area contributed by atoms with Gasteiger partial charge in [-0.15, -0.1) is 0 Å². The Hall–Kier alpha value is -3.08. The van der Waals surface area contributed by atoms with E-state index in [1.807, 2.05) is 49.4 Å². The van der Waals surface area contributed by atoms with Gasteiger partial charge in [-0.25, -0.2) is 9.78 Å². The fourth-order valence-electron chi connectivity index (χ4n) is 2.49. The van der Waals surface area contributed by atoms with Crippen molar-refractivity contribution in [1.29, 1.82) is 0 Å². The second-order valence-electron chi connectivity index (χ2n) is 5.10. The first-order valence-corrected chi connectivity index (χ1v) is 6.80. The van der Waals surface area contributed by atoms with E-state index in [9.17, 15) is 4.79 Å². The highest BCUT2D eigenvalue weighted by molar-refractivity contribution is 5.99. The summed E-state index contributed by atoms with van der Waals surface area (Å²) in [7, 11) is 0. The molecule has 0 atom stereocenters. The van der Waals surface area contributed by atoms with Gasteiger partial charge in [0.05, 0.1) is 0 Å². The molecule has 3 rings (SSSR count). The number of nitrogens with one attached hydrogen (secondary N) is 1. The summed E-state index contributed by atoms with van der Waals surface area (Å²) < 4.78 is 0. The maximum absolute atomic E-state index is 10.9. The molecule has 3 aromatic rings. The molecule has 110 valence electrons. The number of fused-ring (bicyclic) bond motifs is 1. The Morgan fingerprint density at radius 1 is 1.18 bits per heavy atom. The van der Waals surface area contributed by atoms with Gasteiger partial charge in [-0.2, -0.15) is 0 Å². The fraction of sp³-hybridized carbons (Fsp3) is 0.0588. The fourth-order valence-corrected chi connectivity index (χ4v) is 2.49. The molecular weight excluding hydrogens is 278 g/mol. The largest absolute Gasteiger partial charge is 0.465 e. The highest BCUT2D eigenvalue weighted by Crippen LogP contribution is 2.30. The lowest BCUT2D eigenvalue weighted by molar-refractivity contribution is 0.209. The van der Waals surface area contributed by atoms with E-state index in [4.69, 9.17) is 10.8 Å². The predicted octanol–water partition coefficient (Wildman–Crippen LogP) is 3.88. The van der Waals surface area contributed by atoms with Crippen LogP contribution in [0, 0.1) is 6.92 Å². The zero-order chi connectivity index (χ0) is 15.7. The van der Waals surface area contributed by atoms with Gasteiger partial charge in [-0.3, -0.25) is 5.32 Å². The van der Waals surface area contributed by atoms with E-state index >= 15 is 0 Å². The molecule has 0 aliphatic rings. The number of nitrogens with zero attached hydrogens (tertiary/aromatic N) is 1. The van der Waals surface area contributed by atoms with E-state index in [1.165, 1.54) is 0 Å². The van der Waals surface area contributed by atoms with Crippen LogP contribution < -0.4 is 11.1 Å². The molecule has 0 bridgehead atoms. The average Bonchev–Trinajstić information content (AvgIpc) is 2.49. The summed E-state index contributed by atoms with van der Waals surface area (Å²) in [5, 5.41) is 12.9. The Labute approximate surface area is 127 Å². The SMILES string of the molecule is Cc1ccc(N)cc1-c1ccc2ccnc(NC(=O)O)c2c1. The summed E-state index contributed by atoms with van der Waals surface area (Å²) in [6.45, 7) is 2.01. The van der Waals surface area contributed by atoms with Crippen molar-refractivity contribution in [2.24, 2.45) is 0 Å². The highest BCUT2D eigenvalue weighted by Gasteiger charge is 2.09. The molecule has 2 aromatic carbocycles. The van der Waals surface area contributed by atoms with Crippen LogP contribution in [-0.2, 0) is 0 Å². The van der Waals surface area contributed by atoms with E-state index in [2.05, 4.69) is 10.3 Å². The number of anilines is 2. The molecule has 0 aliphatic carbocycles. The molecule has 4 N–H and O–H groups in total. The predicted molar refractivity (Wildman–Crippen MR) is 88.0 cm³/mol. The first-order chi connectivity index (χ1) is 10.5. The van der Waals surface area contributed by atoms with Crippen LogP contribution in [0.4, 0.5) is 16.3 Å². The molecule has 5 heteroatoms. The molecule has 0 aliphatic heterocycles. The number of aryl methyl sites for hydroxylation is 1. The molecule has 1 amide bonds. The number of benzene rings is 2. The number of amides is 1. The molecule has 22 heavy (non-hydrogen) atoms. The van der Waals surface area contributed by atoms with Crippen molar-refractivity contribution in [3.63, 3.8) is 0 Å². The van der Waals surface area contributed by atoms with Crippen molar-refractivity contribution in [1.82, 2.24) is 4.98 Å². The molecule has 0 radical (unpaired) electrons. The van der Waals surface area contributed by atoms with Crippen LogP contribution in [0.25, 0.3) is 21.9 Å². The topological polar surface area (TPSA) is 88.2 Å². The van der Waals surface area contributed by atoms with Crippen LogP contribution in [0.15, 0.2) is 48.7 Å². The zero-order valence-electron chi connectivity index (χ0n) is 12.0. The third-order valence-electron chi connectivity index (χ3n) is 3.56. The molecule has 0 saturated heterocycles. The van der Waals surface area contributed by atoms with Crippen LogP contribution in [0.5, 0.6) is 0 Å². The van der Waals surface area contributed by atoms with Crippen molar-refractivity contribution in [3.8, 4) is 11.1 Å². The number of rotatable bonds is 2. The average molecular weight is 293 g/mol. The third-order valence-corrected chi connectivity index (χ3v) is 3.56. The molecule has 0 spiro atoms. The van der Waals surface area contributed by atoms with Gasteiger partial charge in [-0.05, 0) is 53.3 Å². The summed E-state index contributed by atoms with van der Waals surface area (Å²) in [5.41, 5.74) is 9.65. The number of hydrogen-bond acceptors (Lipinski definition) is 3. The number of pyridine rings is 1. The zero-order valence-corrected chi connectivity index (χ0v) is 12.0. The summed E-state index contributed by atoms with van der Waals surface area (Å²) in [4.78, 5) is 15.0. The number of nitrogen functional groups attached to an aromatic ring is 1. The Kier molecular flexibility index (Phi) is 3.39. The van der Waals surface area contributed by atoms with Gasteiger partial charge in [0, 0.05) is 17.3 Å². The Morgan fingerprint density at radius 2 is 2.00 bits per heavy atom. The van der Waals surface area contributed by atoms with Crippen LogP contribution in [0.3, 0.4) is 0 Å². The minimum absolute atomic E-state index is 0.327. The number of aromatic nitrogens is 1. The maximum atomic E-state index is 10.9. The molecule has 1 aromatic heterocycles. The molecule has 5 nitrogen and oxygen atoms in total. The lowest BCUT2D eigenvalue weighted by atomic mass is 9.97.